The van der Waals surface area contributed by atoms with Gasteiger partial charge in [0, 0.05) is 57.1 Å². The van der Waals surface area contributed by atoms with Gasteiger partial charge in [-0.15, -0.1) is 0 Å². The molecule has 0 bridgehead atoms. The normalized spacial score (nSPS) is 19.6. The molecule has 2 heterocycles. The zero-order valence-electron chi connectivity index (χ0n) is 19.9. The van der Waals surface area contributed by atoms with Gasteiger partial charge in [0.05, 0.1) is 11.4 Å². The Hall–Kier alpha value is -1.94. The van der Waals surface area contributed by atoms with Gasteiger partial charge >= 0.3 is 6.09 Å². The third-order valence-corrected chi connectivity index (χ3v) is 7.31. The summed E-state index contributed by atoms with van der Waals surface area (Å²) < 4.78 is 58.6. The summed E-state index contributed by atoms with van der Waals surface area (Å²) in [6.07, 6.45) is 1.25. The van der Waals surface area contributed by atoms with E-state index >= 15 is 8.78 Å². The van der Waals surface area contributed by atoms with Gasteiger partial charge in [0.1, 0.15) is 5.60 Å². The maximum atomic E-state index is 15.0. The number of hydrogen-bond donors (Lipinski definition) is 0. The number of rotatable bonds is 5. The van der Waals surface area contributed by atoms with Gasteiger partial charge in [-0.25, -0.2) is 22.0 Å². The molecule has 2 aliphatic heterocycles. The van der Waals surface area contributed by atoms with Gasteiger partial charge < -0.3 is 14.5 Å². The number of alkyl halides is 2. The standard InChI is InChI=1S/C23H35F2N3O4S/c1-22(2,3)32-21(29)28-11-9-18(10-12-28)23(24,25)17-26-13-15-27(16-14-26)19-5-7-20(8-6-19)33(4,30)31/h5-8,18H,9-17H2,1-4H3. The summed E-state index contributed by atoms with van der Waals surface area (Å²) in [6.45, 7) is 7.88. The Balaban J connectivity index is 1.47. The molecule has 0 spiro atoms. The smallest absolute Gasteiger partial charge is 0.410 e. The molecule has 0 unspecified atom stereocenters. The average Bonchev–Trinajstić information content (AvgIpc) is 2.72. The van der Waals surface area contributed by atoms with Crippen molar-refractivity contribution in [1.82, 2.24) is 9.80 Å². The summed E-state index contributed by atoms with van der Waals surface area (Å²) in [7, 11) is -3.25. The first kappa shape index (κ1) is 25.7. The number of likely N-dealkylation sites (tertiary alicyclic amines) is 1. The van der Waals surface area contributed by atoms with Crippen molar-refractivity contribution in [3.05, 3.63) is 24.3 Å². The lowest BCUT2D eigenvalue weighted by Crippen LogP contribution is -2.53. The van der Waals surface area contributed by atoms with Gasteiger partial charge in [-0.1, -0.05) is 0 Å². The Morgan fingerprint density at radius 2 is 1.55 bits per heavy atom. The molecule has 0 atom stereocenters. The van der Waals surface area contributed by atoms with Crippen molar-refractivity contribution in [1.29, 1.82) is 0 Å². The Bertz CT molecular complexity index is 916. The zero-order valence-corrected chi connectivity index (χ0v) is 20.7. The van der Waals surface area contributed by atoms with E-state index in [4.69, 9.17) is 4.74 Å². The molecular weight excluding hydrogens is 452 g/mol. The number of sulfone groups is 1. The topological polar surface area (TPSA) is 70.2 Å². The first-order chi connectivity index (χ1) is 15.2. The highest BCUT2D eigenvalue weighted by Gasteiger charge is 2.43. The third kappa shape index (κ3) is 7.02. The quantitative estimate of drug-likeness (QED) is 0.633. The van der Waals surface area contributed by atoms with Crippen molar-refractivity contribution in [2.24, 2.45) is 5.92 Å². The van der Waals surface area contributed by atoms with Gasteiger partial charge in [-0.05, 0) is 57.9 Å². The number of carbonyl (C=O) groups excluding carboxylic acids is 1. The fourth-order valence-electron chi connectivity index (χ4n) is 4.31. The van der Waals surface area contributed by atoms with Crippen molar-refractivity contribution < 1.29 is 26.7 Å². The lowest BCUT2D eigenvalue weighted by molar-refractivity contribution is -0.0993. The number of benzene rings is 1. The van der Waals surface area contributed by atoms with E-state index < -0.39 is 33.4 Å². The minimum Gasteiger partial charge on any atom is -0.444 e. The van der Waals surface area contributed by atoms with Gasteiger partial charge in [0.15, 0.2) is 9.84 Å². The minimum atomic E-state index is -3.25. The molecule has 0 radical (unpaired) electrons. The predicted molar refractivity (Wildman–Crippen MR) is 124 cm³/mol. The van der Waals surface area contributed by atoms with Crippen molar-refractivity contribution in [2.75, 3.05) is 57.0 Å². The molecular formula is C23H35F2N3O4S. The molecule has 2 saturated heterocycles. The minimum absolute atomic E-state index is 0.263. The largest absolute Gasteiger partial charge is 0.444 e. The molecule has 1 amide bonds. The van der Waals surface area contributed by atoms with Crippen LogP contribution in [-0.2, 0) is 14.6 Å². The fraction of sp³-hybridized carbons (Fsp3) is 0.696. The summed E-state index contributed by atoms with van der Waals surface area (Å²) in [5.41, 5.74) is 0.291. The molecule has 7 nitrogen and oxygen atoms in total. The zero-order chi connectivity index (χ0) is 24.4. The highest BCUT2D eigenvalue weighted by molar-refractivity contribution is 7.90. The van der Waals surface area contributed by atoms with E-state index in [2.05, 4.69) is 4.90 Å². The summed E-state index contributed by atoms with van der Waals surface area (Å²) in [5.74, 6) is -3.57. The van der Waals surface area contributed by atoms with Crippen molar-refractivity contribution in [2.45, 2.75) is 50.0 Å². The Morgan fingerprint density at radius 1 is 1.00 bits per heavy atom. The van der Waals surface area contributed by atoms with Gasteiger partial charge in [0.2, 0.25) is 0 Å². The Kier molecular flexibility index (Phi) is 7.58. The van der Waals surface area contributed by atoms with Gasteiger partial charge in [-0.2, -0.15) is 0 Å². The molecule has 3 rings (SSSR count). The van der Waals surface area contributed by atoms with Crippen molar-refractivity contribution >= 4 is 21.6 Å². The Labute approximate surface area is 195 Å². The molecule has 2 fully saturated rings. The fourth-order valence-corrected chi connectivity index (χ4v) is 4.94. The Morgan fingerprint density at radius 3 is 2.03 bits per heavy atom. The van der Waals surface area contributed by atoms with E-state index in [1.807, 2.05) is 0 Å². The van der Waals surface area contributed by atoms with Crippen LogP contribution in [0.1, 0.15) is 33.6 Å². The first-order valence-electron chi connectivity index (χ1n) is 11.4. The molecule has 10 heteroatoms. The number of amides is 1. The second-order valence-electron chi connectivity index (χ2n) is 10.0. The van der Waals surface area contributed by atoms with Crippen LogP contribution in [0.2, 0.25) is 0 Å². The van der Waals surface area contributed by atoms with E-state index in [0.717, 1.165) is 5.69 Å². The van der Waals surface area contributed by atoms with Crippen LogP contribution in [0.5, 0.6) is 0 Å². The highest BCUT2D eigenvalue weighted by Crippen LogP contribution is 2.34. The number of hydrogen-bond acceptors (Lipinski definition) is 6. The van der Waals surface area contributed by atoms with Gasteiger partial charge in [-0.3, -0.25) is 4.90 Å². The molecule has 0 aliphatic carbocycles. The SMILES string of the molecule is CC(C)(C)OC(=O)N1CCC(C(F)(F)CN2CCN(c3ccc(S(C)(=O)=O)cc3)CC2)CC1. The van der Waals surface area contributed by atoms with Crippen LogP contribution < -0.4 is 4.90 Å². The van der Waals surface area contributed by atoms with Crippen LogP contribution in [0.15, 0.2) is 29.2 Å². The maximum absolute atomic E-state index is 15.0. The number of piperazine rings is 1. The van der Waals surface area contributed by atoms with Crippen LogP contribution in [0.4, 0.5) is 19.3 Å². The first-order valence-corrected chi connectivity index (χ1v) is 13.3. The molecule has 186 valence electrons. The monoisotopic (exact) mass is 487 g/mol. The van der Waals surface area contributed by atoms with E-state index in [-0.39, 0.29) is 37.4 Å². The summed E-state index contributed by atoms with van der Waals surface area (Å²) in [6, 6.07) is 6.68. The third-order valence-electron chi connectivity index (χ3n) is 6.18. The molecule has 0 saturated carbocycles. The molecule has 1 aromatic rings. The summed E-state index contributed by atoms with van der Waals surface area (Å²) >= 11 is 0. The molecule has 33 heavy (non-hydrogen) atoms. The van der Waals surface area contributed by atoms with Crippen LogP contribution >= 0.6 is 0 Å². The maximum Gasteiger partial charge on any atom is 0.410 e. The van der Waals surface area contributed by atoms with E-state index in [0.29, 0.717) is 26.2 Å². The predicted octanol–water partition coefficient (Wildman–Crippen LogP) is 3.49. The number of anilines is 1. The lowest BCUT2D eigenvalue weighted by Gasteiger charge is -2.41. The van der Waals surface area contributed by atoms with Crippen molar-refractivity contribution in [3.63, 3.8) is 0 Å². The molecule has 1 aromatic carbocycles. The number of carbonyl (C=O) groups is 1. The number of halogens is 2. The lowest BCUT2D eigenvalue weighted by atomic mass is 9.90. The van der Waals surface area contributed by atoms with Crippen LogP contribution in [-0.4, -0.2) is 87.9 Å². The van der Waals surface area contributed by atoms with Crippen LogP contribution in [0.3, 0.4) is 0 Å². The second-order valence-corrected chi connectivity index (χ2v) is 12.0. The van der Waals surface area contributed by atoms with Crippen LogP contribution in [0, 0.1) is 5.92 Å². The molecule has 0 aromatic heterocycles. The van der Waals surface area contributed by atoms with Gasteiger partial charge in [0.25, 0.3) is 5.92 Å². The van der Waals surface area contributed by atoms with Crippen LogP contribution in [0.25, 0.3) is 0 Å². The molecule has 2 aliphatic rings. The molecule has 0 N–H and O–H groups in total. The number of nitrogens with zero attached hydrogens (tertiary/aromatic N) is 3. The highest BCUT2D eigenvalue weighted by atomic mass is 32.2. The van der Waals surface area contributed by atoms with E-state index in [1.165, 1.54) is 11.2 Å². The second kappa shape index (κ2) is 9.74. The average molecular weight is 488 g/mol. The number of ether oxygens (including phenoxy) is 1. The van der Waals surface area contributed by atoms with E-state index in [1.54, 1.807) is 49.9 Å². The summed E-state index contributed by atoms with van der Waals surface area (Å²) in [4.78, 5) is 17.8. The van der Waals surface area contributed by atoms with Crippen molar-refractivity contribution in [3.8, 4) is 0 Å². The number of piperidine rings is 1. The summed E-state index contributed by atoms with van der Waals surface area (Å²) in [5, 5.41) is 0. The van der Waals surface area contributed by atoms with E-state index in [9.17, 15) is 13.2 Å².